The highest BCUT2D eigenvalue weighted by Gasteiger charge is 2.13. The van der Waals surface area contributed by atoms with E-state index in [4.69, 9.17) is 19.9 Å². The standard InChI is InChI=1S/C14H21NO3/c1-5-10(2)9-18-14-12(16-3)6-11(8-15)7-13(14)17-4/h6-7H,2,5,8-9,15H2,1,3-4H3. The molecular formula is C14H21NO3. The smallest absolute Gasteiger partial charge is 0.203 e. The van der Waals surface area contributed by atoms with Crippen LogP contribution < -0.4 is 19.9 Å². The van der Waals surface area contributed by atoms with Crippen molar-refractivity contribution in [3.8, 4) is 17.2 Å². The maximum Gasteiger partial charge on any atom is 0.203 e. The van der Waals surface area contributed by atoms with Crippen LogP contribution in [0, 0.1) is 0 Å². The molecule has 0 fully saturated rings. The van der Waals surface area contributed by atoms with Gasteiger partial charge in [-0.05, 0) is 29.7 Å². The third-order valence-electron chi connectivity index (χ3n) is 2.68. The molecule has 0 atom stereocenters. The topological polar surface area (TPSA) is 53.7 Å². The maximum absolute atomic E-state index is 5.71. The molecule has 2 N–H and O–H groups in total. The lowest BCUT2D eigenvalue weighted by Gasteiger charge is -2.16. The van der Waals surface area contributed by atoms with Crippen molar-refractivity contribution in [1.29, 1.82) is 0 Å². The number of hydrogen-bond acceptors (Lipinski definition) is 4. The Morgan fingerprint density at radius 3 is 2.17 bits per heavy atom. The third-order valence-corrected chi connectivity index (χ3v) is 2.68. The highest BCUT2D eigenvalue weighted by Crippen LogP contribution is 2.38. The fourth-order valence-corrected chi connectivity index (χ4v) is 1.47. The van der Waals surface area contributed by atoms with Crippen LogP contribution in [0.3, 0.4) is 0 Å². The van der Waals surface area contributed by atoms with E-state index < -0.39 is 0 Å². The molecule has 0 aromatic heterocycles. The van der Waals surface area contributed by atoms with Crippen LogP contribution in [0.4, 0.5) is 0 Å². The van der Waals surface area contributed by atoms with E-state index in [9.17, 15) is 0 Å². The van der Waals surface area contributed by atoms with Crippen LogP contribution in [0.2, 0.25) is 0 Å². The van der Waals surface area contributed by atoms with Crippen LogP contribution in [0.5, 0.6) is 17.2 Å². The summed E-state index contributed by atoms with van der Waals surface area (Å²) in [6, 6.07) is 3.71. The van der Waals surface area contributed by atoms with Crippen molar-refractivity contribution < 1.29 is 14.2 Å². The minimum absolute atomic E-state index is 0.425. The van der Waals surface area contributed by atoms with Crippen LogP contribution >= 0.6 is 0 Å². The van der Waals surface area contributed by atoms with E-state index >= 15 is 0 Å². The summed E-state index contributed by atoms with van der Waals surface area (Å²) in [6.07, 6.45) is 0.880. The van der Waals surface area contributed by atoms with E-state index in [0.29, 0.717) is 30.4 Å². The zero-order valence-corrected chi connectivity index (χ0v) is 11.3. The molecule has 0 radical (unpaired) electrons. The first kappa shape index (κ1) is 14.4. The number of benzene rings is 1. The zero-order chi connectivity index (χ0) is 13.5. The number of methoxy groups -OCH3 is 2. The molecule has 100 valence electrons. The second-order valence-corrected chi connectivity index (χ2v) is 3.93. The molecule has 1 aromatic rings. The lowest BCUT2D eigenvalue weighted by atomic mass is 10.2. The lowest BCUT2D eigenvalue weighted by molar-refractivity contribution is 0.293. The lowest BCUT2D eigenvalue weighted by Crippen LogP contribution is -2.05. The molecule has 1 rings (SSSR count). The summed E-state index contributed by atoms with van der Waals surface area (Å²) >= 11 is 0. The van der Waals surface area contributed by atoms with Crippen molar-refractivity contribution >= 4 is 0 Å². The molecule has 0 saturated carbocycles. The van der Waals surface area contributed by atoms with Gasteiger partial charge in [0.25, 0.3) is 0 Å². The summed E-state index contributed by atoms with van der Waals surface area (Å²) in [5.41, 5.74) is 7.58. The highest BCUT2D eigenvalue weighted by molar-refractivity contribution is 5.54. The SMILES string of the molecule is C=C(CC)COc1c(OC)cc(CN)cc1OC. The summed E-state index contributed by atoms with van der Waals surface area (Å²) in [7, 11) is 3.19. The average molecular weight is 251 g/mol. The Balaban J connectivity index is 3.03. The Morgan fingerprint density at radius 2 is 1.78 bits per heavy atom. The Morgan fingerprint density at radius 1 is 1.22 bits per heavy atom. The Bertz CT molecular complexity index is 390. The molecular weight excluding hydrogens is 230 g/mol. The van der Waals surface area contributed by atoms with Gasteiger partial charge in [-0.25, -0.2) is 0 Å². The van der Waals surface area contributed by atoms with Crippen molar-refractivity contribution in [1.82, 2.24) is 0 Å². The van der Waals surface area contributed by atoms with Crippen LogP contribution in [-0.2, 0) is 6.54 Å². The van der Waals surface area contributed by atoms with Crippen molar-refractivity contribution in [2.24, 2.45) is 5.73 Å². The molecule has 0 saturated heterocycles. The summed E-state index contributed by atoms with van der Waals surface area (Å²) < 4.78 is 16.3. The Kier molecular flexibility index (Phi) is 5.52. The van der Waals surface area contributed by atoms with Crippen LogP contribution in [0.1, 0.15) is 18.9 Å². The Labute approximate surface area is 108 Å². The van der Waals surface area contributed by atoms with Gasteiger partial charge in [-0.2, -0.15) is 0 Å². The highest BCUT2D eigenvalue weighted by atomic mass is 16.5. The van der Waals surface area contributed by atoms with Gasteiger partial charge < -0.3 is 19.9 Å². The second-order valence-electron chi connectivity index (χ2n) is 3.93. The summed E-state index contributed by atoms with van der Waals surface area (Å²) in [5, 5.41) is 0. The number of ether oxygens (including phenoxy) is 3. The molecule has 0 aliphatic rings. The van der Waals surface area contributed by atoms with Gasteiger partial charge in [-0.15, -0.1) is 0 Å². The van der Waals surface area contributed by atoms with Gasteiger partial charge in [0.15, 0.2) is 11.5 Å². The van der Waals surface area contributed by atoms with Gasteiger partial charge in [-0.1, -0.05) is 13.5 Å². The first-order valence-electron chi connectivity index (χ1n) is 5.90. The summed E-state index contributed by atoms with van der Waals surface area (Å²) in [4.78, 5) is 0. The normalized spacial score (nSPS) is 10.0. The van der Waals surface area contributed by atoms with Crippen LogP contribution in [0.25, 0.3) is 0 Å². The van der Waals surface area contributed by atoms with Gasteiger partial charge in [0.05, 0.1) is 14.2 Å². The van der Waals surface area contributed by atoms with Gasteiger partial charge in [0.1, 0.15) is 6.61 Å². The molecule has 1 aromatic carbocycles. The monoisotopic (exact) mass is 251 g/mol. The summed E-state index contributed by atoms with van der Waals surface area (Å²) in [6.45, 7) is 6.82. The van der Waals surface area contributed by atoms with Crippen molar-refractivity contribution in [2.45, 2.75) is 19.9 Å². The third kappa shape index (κ3) is 3.40. The van der Waals surface area contributed by atoms with Crippen molar-refractivity contribution in [3.63, 3.8) is 0 Å². The van der Waals surface area contributed by atoms with Gasteiger partial charge in [0.2, 0.25) is 5.75 Å². The predicted octanol–water partition coefficient (Wildman–Crippen LogP) is 2.51. The molecule has 0 aliphatic heterocycles. The van der Waals surface area contributed by atoms with E-state index in [1.165, 1.54) is 0 Å². The first-order chi connectivity index (χ1) is 8.65. The molecule has 18 heavy (non-hydrogen) atoms. The van der Waals surface area contributed by atoms with E-state index in [0.717, 1.165) is 17.6 Å². The van der Waals surface area contributed by atoms with E-state index in [2.05, 4.69) is 6.58 Å². The first-order valence-corrected chi connectivity index (χ1v) is 5.90. The van der Waals surface area contributed by atoms with Crippen LogP contribution in [-0.4, -0.2) is 20.8 Å². The quantitative estimate of drug-likeness (QED) is 0.756. The zero-order valence-electron chi connectivity index (χ0n) is 11.3. The molecule has 4 nitrogen and oxygen atoms in total. The second kappa shape index (κ2) is 6.91. The van der Waals surface area contributed by atoms with E-state index in [1.54, 1.807) is 14.2 Å². The fourth-order valence-electron chi connectivity index (χ4n) is 1.47. The number of nitrogens with two attached hydrogens (primary N) is 1. The Hall–Kier alpha value is -1.68. The van der Waals surface area contributed by atoms with E-state index in [-0.39, 0.29) is 0 Å². The fraction of sp³-hybridized carbons (Fsp3) is 0.429. The minimum atomic E-state index is 0.425. The average Bonchev–Trinajstić information content (AvgIpc) is 2.43. The van der Waals surface area contributed by atoms with Gasteiger partial charge >= 0.3 is 0 Å². The molecule has 0 bridgehead atoms. The minimum Gasteiger partial charge on any atom is -0.493 e. The summed E-state index contributed by atoms with van der Waals surface area (Å²) in [5.74, 6) is 1.84. The van der Waals surface area contributed by atoms with Crippen molar-refractivity contribution in [2.75, 3.05) is 20.8 Å². The molecule has 0 heterocycles. The molecule has 0 spiro atoms. The molecule has 4 heteroatoms. The van der Waals surface area contributed by atoms with Gasteiger partial charge in [-0.3, -0.25) is 0 Å². The predicted molar refractivity (Wildman–Crippen MR) is 72.4 cm³/mol. The van der Waals surface area contributed by atoms with Crippen molar-refractivity contribution in [3.05, 3.63) is 29.8 Å². The van der Waals surface area contributed by atoms with Crippen LogP contribution in [0.15, 0.2) is 24.3 Å². The molecule has 0 aliphatic carbocycles. The van der Waals surface area contributed by atoms with E-state index in [1.807, 2.05) is 19.1 Å². The van der Waals surface area contributed by atoms with Gasteiger partial charge in [0, 0.05) is 6.54 Å². The number of hydrogen-bond donors (Lipinski definition) is 1. The number of rotatable bonds is 7. The molecule has 0 amide bonds. The molecule has 0 unspecified atom stereocenters. The maximum atomic E-state index is 5.71. The largest absolute Gasteiger partial charge is 0.493 e.